The molecule has 5 nitrogen and oxygen atoms in total. The van der Waals surface area contributed by atoms with Crippen molar-refractivity contribution in [3.63, 3.8) is 0 Å². The van der Waals surface area contributed by atoms with Crippen LogP contribution in [0.25, 0.3) is 0 Å². The fourth-order valence-electron chi connectivity index (χ4n) is 1.86. The summed E-state index contributed by atoms with van der Waals surface area (Å²) in [4.78, 5) is -0.205. The maximum Gasteiger partial charge on any atom is 0.416 e. The highest BCUT2D eigenvalue weighted by Crippen LogP contribution is 2.29. The van der Waals surface area contributed by atoms with E-state index in [4.69, 9.17) is 0 Å². The van der Waals surface area contributed by atoms with E-state index in [-0.39, 0.29) is 10.1 Å². The van der Waals surface area contributed by atoms with Gasteiger partial charge >= 0.3 is 6.18 Å². The topological polar surface area (TPSA) is 70.2 Å². The molecule has 0 aromatic heterocycles. The molecular weight excluding hydrogens is 327 g/mol. The lowest BCUT2D eigenvalue weighted by Gasteiger charge is -2.18. The molecule has 0 aliphatic carbocycles. The average Bonchev–Trinajstić information content (AvgIpc) is 2.84. The van der Waals surface area contributed by atoms with Crippen LogP contribution in [0.1, 0.15) is 5.56 Å². The van der Waals surface area contributed by atoms with Crippen LogP contribution in [0.2, 0.25) is 0 Å². The first-order chi connectivity index (χ1) is 9.74. The first kappa shape index (κ1) is 16.6. The van der Waals surface area contributed by atoms with Gasteiger partial charge in [0.1, 0.15) is 0 Å². The monoisotopic (exact) mass is 341 g/mol. The predicted octanol–water partition coefficient (Wildman–Crippen LogP) is 1.15. The van der Waals surface area contributed by atoms with Crippen LogP contribution in [0.3, 0.4) is 0 Å². The van der Waals surface area contributed by atoms with Crippen LogP contribution in [0, 0.1) is 0 Å². The molecule has 1 aromatic carbocycles. The van der Waals surface area contributed by atoms with Crippen LogP contribution in [0.5, 0.6) is 0 Å². The van der Waals surface area contributed by atoms with Crippen molar-refractivity contribution in [3.8, 4) is 0 Å². The zero-order valence-corrected chi connectivity index (χ0v) is 12.6. The van der Waals surface area contributed by atoms with Crippen molar-refractivity contribution in [2.75, 3.05) is 12.8 Å². The Morgan fingerprint density at radius 2 is 1.90 bits per heavy atom. The molecular formula is C11H14F3N3O2S2. The Morgan fingerprint density at radius 1 is 1.29 bits per heavy atom. The van der Waals surface area contributed by atoms with Crippen LogP contribution in [0.4, 0.5) is 13.2 Å². The van der Waals surface area contributed by atoms with Crippen LogP contribution in [-0.2, 0) is 16.2 Å². The van der Waals surface area contributed by atoms with Gasteiger partial charge in [0.05, 0.1) is 16.6 Å². The lowest BCUT2D eigenvalue weighted by Crippen LogP contribution is -2.47. The fraction of sp³-hybridized carbons (Fsp3) is 0.455. The largest absolute Gasteiger partial charge is 0.416 e. The standard InChI is InChI=1S/C11H14F3N3O2S2/c1-20-9-6-15-16-10(9)17-21(18,19)8-4-2-7(3-5-8)11(12,13)14/h2-5,9-10,15-17H,6H2,1H3. The Kier molecular flexibility index (Phi) is 4.83. The molecule has 1 fully saturated rings. The Hall–Kier alpha value is -0.810. The molecule has 118 valence electrons. The summed E-state index contributed by atoms with van der Waals surface area (Å²) in [6.45, 7) is 0.585. The zero-order chi connectivity index (χ0) is 15.7. The van der Waals surface area contributed by atoms with Crippen LogP contribution < -0.4 is 15.6 Å². The zero-order valence-electron chi connectivity index (χ0n) is 10.9. The molecule has 0 spiro atoms. The smallest absolute Gasteiger partial charge is 0.255 e. The molecule has 2 unspecified atom stereocenters. The Labute approximate surface area is 124 Å². The third kappa shape index (κ3) is 3.89. The minimum Gasteiger partial charge on any atom is -0.255 e. The molecule has 1 aliphatic heterocycles. The first-order valence-electron chi connectivity index (χ1n) is 5.95. The number of sulfonamides is 1. The van der Waals surface area contributed by atoms with Gasteiger partial charge in [0.25, 0.3) is 0 Å². The molecule has 10 heteroatoms. The fourth-order valence-corrected chi connectivity index (χ4v) is 3.80. The van der Waals surface area contributed by atoms with Crippen LogP contribution >= 0.6 is 11.8 Å². The number of hydrogen-bond donors (Lipinski definition) is 3. The highest BCUT2D eigenvalue weighted by molar-refractivity contribution is 7.99. The summed E-state index contributed by atoms with van der Waals surface area (Å²) < 4.78 is 64.1. The van der Waals surface area contributed by atoms with Gasteiger partial charge in [-0.3, -0.25) is 5.43 Å². The molecule has 2 rings (SSSR count). The Morgan fingerprint density at radius 3 is 2.43 bits per heavy atom. The highest BCUT2D eigenvalue weighted by Gasteiger charge is 2.32. The third-order valence-electron chi connectivity index (χ3n) is 3.01. The number of hydrogen-bond acceptors (Lipinski definition) is 5. The van der Waals surface area contributed by atoms with Gasteiger partial charge < -0.3 is 0 Å². The van der Waals surface area contributed by atoms with E-state index in [2.05, 4.69) is 15.6 Å². The van der Waals surface area contributed by atoms with Gasteiger partial charge in [-0.25, -0.2) is 13.8 Å². The molecule has 1 aliphatic rings. The van der Waals surface area contributed by atoms with Gasteiger partial charge in [-0.05, 0) is 30.5 Å². The number of halogens is 3. The van der Waals surface area contributed by atoms with E-state index in [0.717, 1.165) is 24.3 Å². The molecule has 1 saturated heterocycles. The van der Waals surface area contributed by atoms with Crippen molar-refractivity contribution in [2.24, 2.45) is 0 Å². The van der Waals surface area contributed by atoms with Crippen molar-refractivity contribution in [1.29, 1.82) is 0 Å². The summed E-state index contributed by atoms with van der Waals surface area (Å²) in [5.41, 5.74) is 4.72. The number of hydrazine groups is 1. The van der Waals surface area contributed by atoms with E-state index in [0.29, 0.717) is 6.54 Å². The van der Waals surface area contributed by atoms with E-state index < -0.39 is 27.9 Å². The van der Waals surface area contributed by atoms with Crippen LogP contribution in [0.15, 0.2) is 29.2 Å². The second-order valence-corrected chi connectivity index (χ2v) is 7.21. The van der Waals surface area contributed by atoms with Gasteiger partial charge in [-0.1, -0.05) is 0 Å². The molecule has 0 saturated carbocycles. The molecule has 21 heavy (non-hydrogen) atoms. The molecule has 2 atom stereocenters. The normalized spacial score (nSPS) is 23.4. The molecule has 0 bridgehead atoms. The molecule has 0 radical (unpaired) electrons. The van der Waals surface area contributed by atoms with Gasteiger partial charge in [-0.15, -0.1) is 0 Å². The maximum atomic E-state index is 12.5. The van der Waals surface area contributed by atoms with Gasteiger partial charge in [0.2, 0.25) is 10.0 Å². The highest BCUT2D eigenvalue weighted by atomic mass is 32.2. The minimum absolute atomic E-state index is 0.00535. The number of thioether (sulfide) groups is 1. The van der Waals surface area contributed by atoms with Gasteiger partial charge in [-0.2, -0.15) is 29.7 Å². The quantitative estimate of drug-likeness (QED) is 0.766. The Bertz CT molecular complexity index is 590. The average molecular weight is 341 g/mol. The number of rotatable bonds is 4. The second kappa shape index (κ2) is 6.13. The van der Waals surface area contributed by atoms with E-state index in [9.17, 15) is 21.6 Å². The van der Waals surface area contributed by atoms with Gasteiger partial charge in [0, 0.05) is 11.8 Å². The van der Waals surface area contributed by atoms with Crippen LogP contribution in [-0.4, -0.2) is 32.6 Å². The number of nitrogens with one attached hydrogen (secondary N) is 3. The Balaban J connectivity index is 2.16. The first-order valence-corrected chi connectivity index (χ1v) is 8.72. The third-order valence-corrected chi connectivity index (χ3v) is 5.51. The van der Waals surface area contributed by atoms with E-state index >= 15 is 0 Å². The second-order valence-electron chi connectivity index (χ2n) is 4.42. The SMILES string of the molecule is CSC1CNNC1NS(=O)(=O)c1ccc(C(F)(F)F)cc1. The van der Waals surface area contributed by atoms with Crippen molar-refractivity contribution in [1.82, 2.24) is 15.6 Å². The summed E-state index contributed by atoms with van der Waals surface area (Å²) in [6.07, 6.45) is -3.16. The maximum absolute atomic E-state index is 12.5. The van der Waals surface area contributed by atoms with E-state index in [1.807, 2.05) is 6.26 Å². The van der Waals surface area contributed by atoms with Crippen molar-refractivity contribution < 1.29 is 21.6 Å². The number of alkyl halides is 3. The lowest BCUT2D eigenvalue weighted by atomic mass is 10.2. The predicted molar refractivity (Wildman–Crippen MR) is 74.0 cm³/mol. The van der Waals surface area contributed by atoms with E-state index in [1.54, 1.807) is 0 Å². The number of benzene rings is 1. The summed E-state index contributed by atoms with van der Waals surface area (Å²) >= 11 is 1.48. The van der Waals surface area contributed by atoms with Crippen molar-refractivity contribution in [2.45, 2.75) is 22.5 Å². The molecule has 1 heterocycles. The van der Waals surface area contributed by atoms with Crippen molar-refractivity contribution in [3.05, 3.63) is 29.8 Å². The molecule has 1 aromatic rings. The summed E-state index contributed by atoms with van der Waals surface area (Å²) in [5, 5.41) is -0.00535. The summed E-state index contributed by atoms with van der Waals surface area (Å²) in [5.74, 6) is 0. The minimum atomic E-state index is -4.49. The van der Waals surface area contributed by atoms with E-state index in [1.165, 1.54) is 11.8 Å². The summed E-state index contributed by atoms with van der Waals surface area (Å²) in [6, 6.07) is 3.39. The van der Waals surface area contributed by atoms with Crippen molar-refractivity contribution >= 4 is 21.8 Å². The lowest BCUT2D eigenvalue weighted by molar-refractivity contribution is -0.137. The molecule has 3 N–H and O–H groups in total. The summed E-state index contributed by atoms with van der Waals surface area (Å²) in [7, 11) is -3.88. The van der Waals surface area contributed by atoms with Gasteiger partial charge in [0.15, 0.2) is 0 Å². The molecule has 0 amide bonds.